The van der Waals surface area contributed by atoms with Gasteiger partial charge in [-0.05, 0) is 74.8 Å². The number of aliphatic carboxylic acids is 1. The zero-order valence-electron chi connectivity index (χ0n) is 18.3. The number of likely N-dealkylation sites (tertiary alicyclic amines) is 1. The molecule has 2 aliphatic heterocycles. The van der Waals surface area contributed by atoms with E-state index in [2.05, 4.69) is 32.7 Å². The maximum Gasteiger partial charge on any atom is 0.326 e. The number of amides is 1. The van der Waals surface area contributed by atoms with E-state index in [1.807, 2.05) is 0 Å². The van der Waals surface area contributed by atoms with Crippen molar-refractivity contribution in [2.75, 3.05) is 31.5 Å². The van der Waals surface area contributed by atoms with Crippen LogP contribution in [0.3, 0.4) is 0 Å². The molecule has 2 aliphatic rings. The molecule has 0 saturated carbocycles. The lowest BCUT2D eigenvalue weighted by molar-refractivity contribution is -0.139. The highest BCUT2D eigenvalue weighted by Gasteiger charge is 2.26. The van der Waals surface area contributed by atoms with Gasteiger partial charge >= 0.3 is 5.97 Å². The molecule has 2 aromatic heterocycles. The van der Waals surface area contributed by atoms with Gasteiger partial charge in [0, 0.05) is 31.5 Å². The minimum atomic E-state index is -1.02. The van der Waals surface area contributed by atoms with Crippen molar-refractivity contribution in [3.63, 3.8) is 0 Å². The van der Waals surface area contributed by atoms with Gasteiger partial charge in [0.1, 0.15) is 17.6 Å². The highest BCUT2D eigenvalue weighted by molar-refractivity contribution is 5.94. The number of carboxylic acid groups (broad SMARTS) is 1. The van der Waals surface area contributed by atoms with E-state index in [1.54, 1.807) is 18.2 Å². The molecule has 1 amide bonds. The molecule has 2 aromatic rings. The van der Waals surface area contributed by atoms with Gasteiger partial charge in [-0.15, -0.1) is 0 Å². The maximum absolute atomic E-state index is 12.3. The SMILES string of the molecule is O=C(NC(CCN1CCC(CCc2ccc3c(n2)NCCC3)C1)C(=O)O)c1ccccn1. The Bertz CT molecular complexity index is 936. The fraction of sp³-hybridized carbons (Fsp3) is 0.500. The Morgan fingerprint density at radius 3 is 3.00 bits per heavy atom. The lowest BCUT2D eigenvalue weighted by Gasteiger charge is -2.20. The van der Waals surface area contributed by atoms with Gasteiger partial charge in [0.05, 0.1) is 0 Å². The van der Waals surface area contributed by atoms with E-state index in [0.29, 0.717) is 18.9 Å². The number of carbonyl (C=O) groups is 2. The van der Waals surface area contributed by atoms with Crippen LogP contribution in [-0.4, -0.2) is 64.1 Å². The normalized spacial score (nSPS) is 19.1. The number of aryl methyl sites for hydroxylation is 2. The molecule has 1 fully saturated rings. The quantitative estimate of drug-likeness (QED) is 0.553. The number of hydrogen-bond donors (Lipinski definition) is 3. The molecule has 0 bridgehead atoms. The molecule has 4 rings (SSSR count). The van der Waals surface area contributed by atoms with Crippen LogP contribution < -0.4 is 10.6 Å². The zero-order valence-corrected chi connectivity index (χ0v) is 18.3. The molecule has 0 radical (unpaired) electrons. The summed E-state index contributed by atoms with van der Waals surface area (Å²) < 4.78 is 0. The second kappa shape index (κ2) is 10.5. The summed E-state index contributed by atoms with van der Waals surface area (Å²) >= 11 is 0. The number of hydrogen-bond acceptors (Lipinski definition) is 6. The lowest BCUT2D eigenvalue weighted by Crippen LogP contribution is -2.43. The Morgan fingerprint density at radius 1 is 1.28 bits per heavy atom. The first-order valence-electron chi connectivity index (χ1n) is 11.5. The Labute approximate surface area is 188 Å². The number of carbonyl (C=O) groups excluding carboxylic acids is 1. The van der Waals surface area contributed by atoms with E-state index >= 15 is 0 Å². The summed E-state index contributed by atoms with van der Waals surface area (Å²) in [5.74, 6) is 0.169. The van der Waals surface area contributed by atoms with Crippen molar-refractivity contribution < 1.29 is 14.7 Å². The third-order valence-corrected chi connectivity index (χ3v) is 6.37. The van der Waals surface area contributed by atoms with E-state index in [1.165, 1.54) is 18.2 Å². The highest BCUT2D eigenvalue weighted by Crippen LogP contribution is 2.24. The molecule has 170 valence electrons. The predicted molar refractivity (Wildman–Crippen MR) is 122 cm³/mol. The summed E-state index contributed by atoms with van der Waals surface area (Å²) in [6.45, 7) is 3.58. The monoisotopic (exact) mass is 437 g/mol. The summed E-state index contributed by atoms with van der Waals surface area (Å²) in [5, 5.41) is 15.5. The third-order valence-electron chi connectivity index (χ3n) is 6.37. The number of nitrogens with zero attached hydrogens (tertiary/aromatic N) is 3. The van der Waals surface area contributed by atoms with Crippen molar-refractivity contribution >= 4 is 17.7 Å². The van der Waals surface area contributed by atoms with Gasteiger partial charge in [-0.1, -0.05) is 12.1 Å². The molecule has 1 saturated heterocycles. The van der Waals surface area contributed by atoms with Gasteiger partial charge in [0.2, 0.25) is 0 Å². The number of nitrogens with one attached hydrogen (secondary N) is 2. The standard InChI is InChI=1S/C24H31N5O3/c30-23(20-5-1-2-12-25-20)28-21(24(31)32)11-15-29-14-10-17(16-29)6-8-19-9-7-18-4-3-13-26-22(18)27-19/h1-2,5,7,9,12,17,21H,3-4,6,8,10-11,13-16H2,(H,26,27)(H,28,30)(H,31,32). The summed E-state index contributed by atoms with van der Waals surface area (Å²) in [5.41, 5.74) is 2.68. The van der Waals surface area contributed by atoms with E-state index in [-0.39, 0.29) is 5.69 Å². The van der Waals surface area contributed by atoms with Gasteiger partial charge in [-0.2, -0.15) is 0 Å². The zero-order chi connectivity index (χ0) is 22.3. The van der Waals surface area contributed by atoms with Crippen molar-refractivity contribution in [3.8, 4) is 0 Å². The van der Waals surface area contributed by atoms with Crippen LogP contribution in [-0.2, 0) is 17.6 Å². The number of fused-ring (bicyclic) bond motifs is 1. The fourth-order valence-corrected chi connectivity index (χ4v) is 4.51. The average Bonchev–Trinajstić information content (AvgIpc) is 3.28. The number of aromatic nitrogens is 2. The second-order valence-electron chi connectivity index (χ2n) is 8.70. The fourth-order valence-electron chi connectivity index (χ4n) is 4.51. The minimum absolute atomic E-state index is 0.228. The van der Waals surface area contributed by atoms with Crippen LogP contribution >= 0.6 is 0 Å². The van der Waals surface area contributed by atoms with Crippen LogP contribution in [0.4, 0.5) is 5.82 Å². The van der Waals surface area contributed by atoms with Gasteiger partial charge in [0.25, 0.3) is 5.91 Å². The summed E-state index contributed by atoms with van der Waals surface area (Å²) in [7, 11) is 0. The molecular weight excluding hydrogens is 406 g/mol. The van der Waals surface area contributed by atoms with Crippen molar-refractivity contribution in [1.29, 1.82) is 0 Å². The molecule has 3 N–H and O–H groups in total. The maximum atomic E-state index is 12.3. The molecule has 32 heavy (non-hydrogen) atoms. The first-order chi connectivity index (χ1) is 15.6. The Morgan fingerprint density at radius 2 is 2.19 bits per heavy atom. The molecule has 0 spiro atoms. The molecule has 8 nitrogen and oxygen atoms in total. The van der Waals surface area contributed by atoms with Crippen molar-refractivity contribution in [1.82, 2.24) is 20.2 Å². The van der Waals surface area contributed by atoms with Gasteiger partial charge in [-0.25, -0.2) is 9.78 Å². The molecule has 8 heteroatoms. The number of rotatable bonds is 9. The lowest BCUT2D eigenvalue weighted by atomic mass is 10.00. The minimum Gasteiger partial charge on any atom is -0.480 e. The van der Waals surface area contributed by atoms with Crippen LogP contribution in [0.1, 0.15) is 47.4 Å². The van der Waals surface area contributed by atoms with Crippen LogP contribution in [0.2, 0.25) is 0 Å². The van der Waals surface area contributed by atoms with E-state index < -0.39 is 17.9 Å². The highest BCUT2D eigenvalue weighted by atomic mass is 16.4. The summed E-state index contributed by atoms with van der Waals surface area (Å²) in [4.78, 5) is 35.0. The first-order valence-corrected chi connectivity index (χ1v) is 11.5. The summed E-state index contributed by atoms with van der Waals surface area (Å²) in [6, 6.07) is 8.44. The van der Waals surface area contributed by atoms with Crippen molar-refractivity contribution in [3.05, 3.63) is 53.5 Å². The Hall–Kier alpha value is -3.00. The number of carboxylic acids is 1. The van der Waals surface area contributed by atoms with Crippen LogP contribution in [0.15, 0.2) is 36.5 Å². The van der Waals surface area contributed by atoms with E-state index in [0.717, 1.165) is 56.8 Å². The molecule has 2 unspecified atom stereocenters. The molecule has 0 aromatic carbocycles. The Kier molecular flexibility index (Phi) is 7.32. The van der Waals surface area contributed by atoms with Crippen LogP contribution in [0.25, 0.3) is 0 Å². The second-order valence-corrected chi connectivity index (χ2v) is 8.70. The van der Waals surface area contributed by atoms with Gasteiger partial charge in [0.15, 0.2) is 0 Å². The largest absolute Gasteiger partial charge is 0.480 e. The third kappa shape index (κ3) is 5.82. The predicted octanol–water partition coefficient (Wildman–Crippen LogP) is 2.36. The molecule has 0 aliphatic carbocycles. The summed E-state index contributed by atoms with van der Waals surface area (Å²) in [6.07, 6.45) is 7.33. The topological polar surface area (TPSA) is 107 Å². The van der Waals surface area contributed by atoms with Crippen molar-refractivity contribution in [2.45, 2.75) is 44.6 Å². The molecular formula is C24H31N5O3. The van der Waals surface area contributed by atoms with E-state index in [4.69, 9.17) is 4.98 Å². The molecule has 2 atom stereocenters. The number of anilines is 1. The van der Waals surface area contributed by atoms with Gasteiger partial charge < -0.3 is 20.6 Å². The number of pyridine rings is 2. The Balaban J connectivity index is 1.22. The molecule has 4 heterocycles. The van der Waals surface area contributed by atoms with Crippen molar-refractivity contribution in [2.24, 2.45) is 5.92 Å². The smallest absolute Gasteiger partial charge is 0.326 e. The van der Waals surface area contributed by atoms with Crippen LogP contribution in [0, 0.1) is 5.92 Å². The van der Waals surface area contributed by atoms with E-state index in [9.17, 15) is 14.7 Å². The first kappa shape index (κ1) is 22.2. The van der Waals surface area contributed by atoms with Gasteiger partial charge in [-0.3, -0.25) is 9.78 Å². The van der Waals surface area contributed by atoms with Crippen LogP contribution in [0.5, 0.6) is 0 Å². The average molecular weight is 438 g/mol.